The molecule has 0 aliphatic carbocycles. The van der Waals surface area contributed by atoms with Crippen molar-refractivity contribution in [2.24, 2.45) is 0 Å². The summed E-state index contributed by atoms with van der Waals surface area (Å²) in [4.78, 5) is 31.5. The summed E-state index contributed by atoms with van der Waals surface area (Å²) in [5, 5.41) is 1.68. The first-order chi connectivity index (χ1) is 14.0. The Balaban J connectivity index is 1.37. The highest BCUT2D eigenvalue weighted by Gasteiger charge is 2.34. The van der Waals surface area contributed by atoms with Crippen LogP contribution in [0.2, 0.25) is 0 Å². The van der Waals surface area contributed by atoms with Crippen molar-refractivity contribution in [1.29, 1.82) is 0 Å². The van der Waals surface area contributed by atoms with Gasteiger partial charge in [-0.25, -0.2) is 8.42 Å². The monoisotopic (exact) mass is 440 g/mol. The number of thiophene rings is 1. The van der Waals surface area contributed by atoms with E-state index in [1.807, 2.05) is 4.90 Å². The Labute approximate surface area is 176 Å². The topological polar surface area (TPSA) is 81.2 Å². The van der Waals surface area contributed by atoms with E-state index in [2.05, 4.69) is 4.90 Å². The van der Waals surface area contributed by atoms with Crippen molar-refractivity contribution < 1.29 is 18.0 Å². The highest BCUT2D eigenvalue weighted by Crippen LogP contribution is 2.29. The molecule has 160 valence electrons. The number of carbonyl (C=O) groups excluding carboxylic acids is 2. The predicted molar refractivity (Wildman–Crippen MR) is 110 cm³/mol. The summed E-state index contributed by atoms with van der Waals surface area (Å²) in [6.07, 6.45) is 3.89. The van der Waals surface area contributed by atoms with Gasteiger partial charge in [0.05, 0.1) is 6.54 Å². The Morgan fingerprint density at radius 1 is 0.862 bits per heavy atom. The van der Waals surface area contributed by atoms with Crippen LogP contribution in [-0.2, 0) is 14.8 Å². The largest absolute Gasteiger partial charge is 0.342 e. The fraction of sp³-hybridized carbons (Fsp3) is 0.684. The van der Waals surface area contributed by atoms with Crippen molar-refractivity contribution in [3.05, 3.63) is 16.3 Å². The summed E-state index contributed by atoms with van der Waals surface area (Å²) in [6.45, 7) is 5.42. The Hall–Kier alpha value is -1.49. The average Bonchev–Trinajstić information content (AvgIpc) is 3.50. The summed E-state index contributed by atoms with van der Waals surface area (Å²) in [5.74, 6) is -0.0529. The van der Waals surface area contributed by atoms with Gasteiger partial charge in [0, 0.05) is 52.4 Å². The molecule has 0 N–H and O–H groups in total. The molecular weight excluding hydrogens is 412 g/mol. The van der Waals surface area contributed by atoms with E-state index in [4.69, 9.17) is 0 Å². The fourth-order valence-electron chi connectivity index (χ4n) is 4.23. The van der Waals surface area contributed by atoms with E-state index >= 15 is 0 Å². The van der Waals surface area contributed by atoms with Crippen molar-refractivity contribution in [2.45, 2.75) is 30.6 Å². The Bertz CT molecular complexity index is 849. The summed E-state index contributed by atoms with van der Waals surface area (Å²) in [5.41, 5.74) is 0. The first kappa shape index (κ1) is 20.8. The second kappa shape index (κ2) is 8.71. The van der Waals surface area contributed by atoms with Gasteiger partial charge in [0.1, 0.15) is 9.77 Å². The van der Waals surface area contributed by atoms with Gasteiger partial charge in [-0.2, -0.15) is 4.31 Å². The molecule has 3 saturated heterocycles. The van der Waals surface area contributed by atoms with E-state index < -0.39 is 10.0 Å². The van der Waals surface area contributed by atoms with Gasteiger partial charge in [-0.3, -0.25) is 14.5 Å². The van der Waals surface area contributed by atoms with Crippen molar-refractivity contribution in [1.82, 2.24) is 19.0 Å². The third kappa shape index (κ3) is 4.35. The molecule has 2 amide bonds. The minimum absolute atomic E-state index is 0.140. The van der Waals surface area contributed by atoms with E-state index in [0.717, 1.165) is 38.8 Å². The summed E-state index contributed by atoms with van der Waals surface area (Å²) < 4.78 is 27.3. The van der Waals surface area contributed by atoms with Gasteiger partial charge in [-0.05, 0) is 37.1 Å². The van der Waals surface area contributed by atoms with E-state index in [1.54, 1.807) is 16.3 Å². The number of carbonyl (C=O) groups is 2. The SMILES string of the molecule is O=C(CN1CCN(C(=O)c2sccc2S(=O)(=O)N2CCCC2)CC1)N1CCCC1. The van der Waals surface area contributed by atoms with Crippen LogP contribution in [0, 0.1) is 0 Å². The van der Waals surface area contributed by atoms with Crippen molar-refractivity contribution in [3.63, 3.8) is 0 Å². The molecule has 0 atom stereocenters. The molecule has 0 saturated carbocycles. The Morgan fingerprint density at radius 2 is 1.48 bits per heavy atom. The summed E-state index contributed by atoms with van der Waals surface area (Å²) in [7, 11) is -3.61. The normalized spacial score (nSPS) is 21.8. The van der Waals surface area contributed by atoms with Gasteiger partial charge < -0.3 is 9.80 Å². The molecule has 1 aromatic heterocycles. The maximum Gasteiger partial charge on any atom is 0.265 e. The minimum Gasteiger partial charge on any atom is -0.342 e. The van der Waals surface area contributed by atoms with Crippen LogP contribution in [0.3, 0.4) is 0 Å². The smallest absolute Gasteiger partial charge is 0.265 e. The molecule has 0 aromatic carbocycles. The number of likely N-dealkylation sites (tertiary alicyclic amines) is 1. The highest BCUT2D eigenvalue weighted by molar-refractivity contribution is 7.89. The maximum atomic E-state index is 13.0. The lowest BCUT2D eigenvalue weighted by Gasteiger charge is -2.35. The Kier molecular flexibility index (Phi) is 6.24. The maximum absolute atomic E-state index is 13.0. The lowest BCUT2D eigenvalue weighted by atomic mass is 10.3. The van der Waals surface area contributed by atoms with Crippen molar-refractivity contribution in [2.75, 3.05) is 58.9 Å². The van der Waals surface area contributed by atoms with Gasteiger partial charge in [0.15, 0.2) is 0 Å². The van der Waals surface area contributed by atoms with Gasteiger partial charge >= 0.3 is 0 Å². The number of hydrogen-bond acceptors (Lipinski definition) is 6. The second-order valence-corrected chi connectivity index (χ2v) is 10.7. The van der Waals surface area contributed by atoms with E-state index in [0.29, 0.717) is 50.7 Å². The van der Waals surface area contributed by atoms with Crippen LogP contribution in [0.15, 0.2) is 16.3 Å². The van der Waals surface area contributed by atoms with Gasteiger partial charge in [0.25, 0.3) is 5.91 Å². The van der Waals surface area contributed by atoms with E-state index in [1.165, 1.54) is 15.6 Å². The van der Waals surface area contributed by atoms with Gasteiger partial charge in [0.2, 0.25) is 15.9 Å². The average molecular weight is 441 g/mol. The van der Waals surface area contributed by atoms with Crippen LogP contribution >= 0.6 is 11.3 Å². The Morgan fingerprint density at radius 3 is 2.14 bits per heavy atom. The molecule has 4 rings (SSSR count). The van der Waals surface area contributed by atoms with Crippen molar-refractivity contribution in [3.8, 4) is 0 Å². The zero-order chi connectivity index (χ0) is 20.4. The molecular formula is C19H28N4O4S2. The van der Waals surface area contributed by atoms with Crippen LogP contribution in [-0.4, -0.2) is 98.1 Å². The number of hydrogen-bond donors (Lipinski definition) is 0. The fourth-order valence-corrected chi connectivity index (χ4v) is 7.11. The lowest BCUT2D eigenvalue weighted by Crippen LogP contribution is -2.51. The van der Waals surface area contributed by atoms with Gasteiger partial charge in [-0.1, -0.05) is 0 Å². The molecule has 3 aliphatic heterocycles. The van der Waals surface area contributed by atoms with E-state index in [9.17, 15) is 18.0 Å². The van der Waals surface area contributed by atoms with Crippen molar-refractivity contribution >= 4 is 33.2 Å². The molecule has 8 nitrogen and oxygen atoms in total. The van der Waals surface area contributed by atoms with Crippen LogP contribution in [0.25, 0.3) is 0 Å². The first-order valence-corrected chi connectivity index (χ1v) is 12.7. The minimum atomic E-state index is -3.61. The molecule has 0 spiro atoms. The standard InChI is InChI=1S/C19H28N4O4S2/c24-17(21-6-1-2-7-21)15-20-10-12-22(13-11-20)19(25)18-16(5-14-28-18)29(26,27)23-8-3-4-9-23/h5,14H,1-4,6-13,15H2. The van der Waals surface area contributed by atoms with Crippen LogP contribution in [0.1, 0.15) is 35.4 Å². The molecule has 0 unspecified atom stereocenters. The number of sulfonamides is 1. The highest BCUT2D eigenvalue weighted by atomic mass is 32.2. The molecule has 4 heterocycles. The van der Waals surface area contributed by atoms with Gasteiger partial charge in [-0.15, -0.1) is 11.3 Å². The third-order valence-electron chi connectivity index (χ3n) is 5.98. The predicted octanol–water partition coefficient (Wildman–Crippen LogP) is 0.913. The summed E-state index contributed by atoms with van der Waals surface area (Å²) >= 11 is 1.19. The summed E-state index contributed by atoms with van der Waals surface area (Å²) in [6, 6.07) is 1.55. The van der Waals surface area contributed by atoms with Crippen LogP contribution in [0.4, 0.5) is 0 Å². The quantitative estimate of drug-likeness (QED) is 0.680. The second-order valence-electron chi connectivity index (χ2n) is 7.88. The molecule has 3 aliphatic rings. The molecule has 0 radical (unpaired) electrons. The number of amides is 2. The molecule has 3 fully saturated rings. The number of piperazine rings is 1. The molecule has 1 aromatic rings. The lowest BCUT2D eigenvalue weighted by molar-refractivity contribution is -0.131. The molecule has 29 heavy (non-hydrogen) atoms. The van der Waals surface area contributed by atoms with Crippen LogP contribution in [0.5, 0.6) is 0 Å². The molecule has 0 bridgehead atoms. The molecule has 10 heteroatoms. The first-order valence-electron chi connectivity index (χ1n) is 10.3. The zero-order valence-electron chi connectivity index (χ0n) is 16.6. The number of nitrogens with zero attached hydrogens (tertiary/aromatic N) is 4. The van der Waals surface area contributed by atoms with E-state index in [-0.39, 0.29) is 16.7 Å². The third-order valence-corrected chi connectivity index (χ3v) is 8.96. The van der Waals surface area contributed by atoms with Crippen LogP contribution < -0.4 is 0 Å². The zero-order valence-corrected chi connectivity index (χ0v) is 18.2. The number of rotatable bonds is 5.